The standard InChI is InChI=1S/C14H19N3O/c1-10(2)5-6-15-14(18)8-11-3-4-12-13(7-11)17-9-16-12/h3-4,7,9-10H,5-6,8H2,1-2H3,(H,15,18)(H,16,17). The number of hydrogen-bond acceptors (Lipinski definition) is 2. The molecule has 2 N–H and O–H groups in total. The van der Waals surface area contributed by atoms with Crippen LogP contribution in [0.25, 0.3) is 11.0 Å². The zero-order valence-electron chi connectivity index (χ0n) is 10.9. The Labute approximate surface area is 107 Å². The van der Waals surface area contributed by atoms with Crippen LogP contribution in [0.3, 0.4) is 0 Å². The molecule has 1 aromatic heterocycles. The maximum absolute atomic E-state index is 11.7. The van der Waals surface area contributed by atoms with Gasteiger partial charge in [-0.05, 0) is 30.0 Å². The summed E-state index contributed by atoms with van der Waals surface area (Å²) in [6.07, 6.45) is 3.11. The van der Waals surface area contributed by atoms with Crippen LogP contribution in [0.15, 0.2) is 24.5 Å². The Hall–Kier alpha value is -1.84. The van der Waals surface area contributed by atoms with E-state index in [4.69, 9.17) is 0 Å². The largest absolute Gasteiger partial charge is 0.356 e. The van der Waals surface area contributed by atoms with Crippen molar-refractivity contribution in [1.29, 1.82) is 0 Å². The quantitative estimate of drug-likeness (QED) is 0.849. The molecule has 1 amide bonds. The minimum atomic E-state index is 0.0783. The number of hydrogen-bond donors (Lipinski definition) is 2. The molecule has 96 valence electrons. The first kappa shape index (κ1) is 12.6. The predicted molar refractivity (Wildman–Crippen MR) is 72.3 cm³/mol. The summed E-state index contributed by atoms with van der Waals surface area (Å²) in [5, 5.41) is 2.94. The second-order valence-corrected chi connectivity index (χ2v) is 4.96. The van der Waals surface area contributed by atoms with E-state index in [1.165, 1.54) is 0 Å². The summed E-state index contributed by atoms with van der Waals surface area (Å²) in [7, 11) is 0. The number of amides is 1. The Kier molecular flexibility index (Phi) is 3.97. The lowest BCUT2D eigenvalue weighted by atomic mass is 10.1. The van der Waals surface area contributed by atoms with E-state index in [1.54, 1.807) is 6.33 Å². The number of imidazole rings is 1. The molecule has 0 aliphatic rings. The maximum atomic E-state index is 11.7. The monoisotopic (exact) mass is 245 g/mol. The number of carbonyl (C=O) groups is 1. The molecule has 0 bridgehead atoms. The first-order valence-corrected chi connectivity index (χ1v) is 6.34. The summed E-state index contributed by atoms with van der Waals surface area (Å²) in [4.78, 5) is 18.9. The second-order valence-electron chi connectivity index (χ2n) is 4.96. The van der Waals surface area contributed by atoms with Gasteiger partial charge in [0.05, 0.1) is 23.8 Å². The van der Waals surface area contributed by atoms with Gasteiger partial charge >= 0.3 is 0 Å². The molecular weight excluding hydrogens is 226 g/mol. The van der Waals surface area contributed by atoms with Crippen LogP contribution >= 0.6 is 0 Å². The van der Waals surface area contributed by atoms with Crippen molar-refractivity contribution in [2.75, 3.05) is 6.54 Å². The van der Waals surface area contributed by atoms with Gasteiger partial charge in [0.25, 0.3) is 0 Å². The Morgan fingerprint density at radius 1 is 1.44 bits per heavy atom. The van der Waals surface area contributed by atoms with E-state index >= 15 is 0 Å². The SMILES string of the molecule is CC(C)CCNC(=O)Cc1ccc2nc[nH]c2c1. The number of benzene rings is 1. The fourth-order valence-electron chi connectivity index (χ4n) is 1.84. The molecule has 0 spiro atoms. The number of fused-ring (bicyclic) bond motifs is 1. The highest BCUT2D eigenvalue weighted by Crippen LogP contribution is 2.11. The average Bonchev–Trinajstić information content (AvgIpc) is 2.75. The third-order valence-electron chi connectivity index (χ3n) is 2.89. The molecule has 0 unspecified atom stereocenters. The third kappa shape index (κ3) is 3.32. The van der Waals surface area contributed by atoms with Crippen molar-refractivity contribution in [2.24, 2.45) is 5.92 Å². The van der Waals surface area contributed by atoms with E-state index in [1.807, 2.05) is 18.2 Å². The van der Waals surface area contributed by atoms with Gasteiger partial charge < -0.3 is 10.3 Å². The van der Waals surface area contributed by atoms with E-state index in [0.717, 1.165) is 29.6 Å². The van der Waals surface area contributed by atoms with Crippen molar-refractivity contribution in [3.8, 4) is 0 Å². The summed E-state index contributed by atoms with van der Waals surface area (Å²) in [5.41, 5.74) is 2.91. The van der Waals surface area contributed by atoms with E-state index in [2.05, 4.69) is 29.1 Å². The summed E-state index contributed by atoms with van der Waals surface area (Å²) < 4.78 is 0. The molecule has 0 aliphatic carbocycles. The van der Waals surface area contributed by atoms with Crippen LogP contribution in [0.2, 0.25) is 0 Å². The first-order valence-electron chi connectivity index (χ1n) is 6.34. The van der Waals surface area contributed by atoms with Crippen LogP contribution in [-0.4, -0.2) is 22.4 Å². The summed E-state index contributed by atoms with van der Waals surface area (Å²) in [6, 6.07) is 5.86. The minimum Gasteiger partial charge on any atom is -0.356 e. The molecule has 18 heavy (non-hydrogen) atoms. The average molecular weight is 245 g/mol. The van der Waals surface area contributed by atoms with Gasteiger partial charge in [-0.3, -0.25) is 4.79 Å². The van der Waals surface area contributed by atoms with Crippen LogP contribution in [-0.2, 0) is 11.2 Å². The van der Waals surface area contributed by atoms with Crippen molar-refractivity contribution < 1.29 is 4.79 Å². The molecule has 0 aliphatic heterocycles. The molecule has 1 heterocycles. The topological polar surface area (TPSA) is 57.8 Å². The van der Waals surface area contributed by atoms with Crippen LogP contribution < -0.4 is 5.32 Å². The Balaban J connectivity index is 1.90. The third-order valence-corrected chi connectivity index (χ3v) is 2.89. The molecule has 4 nitrogen and oxygen atoms in total. The van der Waals surface area contributed by atoms with E-state index in [-0.39, 0.29) is 5.91 Å². The van der Waals surface area contributed by atoms with Crippen LogP contribution in [0, 0.1) is 5.92 Å². The molecule has 1 aromatic carbocycles. The number of H-pyrrole nitrogens is 1. The van der Waals surface area contributed by atoms with Gasteiger partial charge in [-0.1, -0.05) is 19.9 Å². The number of aromatic amines is 1. The zero-order valence-corrected chi connectivity index (χ0v) is 10.9. The predicted octanol–water partition coefficient (Wildman–Crippen LogP) is 2.27. The number of rotatable bonds is 5. The van der Waals surface area contributed by atoms with Gasteiger partial charge in [0.2, 0.25) is 5.91 Å². The van der Waals surface area contributed by atoms with Crippen molar-refractivity contribution >= 4 is 16.9 Å². The molecule has 0 saturated carbocycles. The normalized spacial score (nSPS) is 11.1. The lowest BCUT2D eigenvalue weighted by Crippen LogP contribution is -2.26. The Bertz CT molecular complexity index is 531. The van der Waals surface area contributed by atoms with Gasteiger partial charge in [-0.25, -0.2) is 4.98 Å². The number of nitrogens with zero attached hydrogens (tertiary/aromatic N) is 1. The smallest absolute Gasteiger partial charge is 0.224 e. The van der Waals surface area contributed by atoms with Gasteiger partial charge in [0.1, 0.15) is 0 Å². The second kappa shape index (κ2) is 5.67. The highest BCUT2D eigenvalue weighted by Gasteiger charge is 2.05. The van der Waals surface area contributed by atoms with E-state index in [9.17, 15) is 4.79 Å². The van der Waals surface area contributed by atoms with Crippen molar-refractivity contribution in [1.82, 2.24) is 15.3 Å². The van der Waals surface area contributed by atoms with Gasteiger partial charge in [-0.15, -0.1) is 0 Å². The molecular formula is C14H19N3O. The molecule has 2 rings (SSSR count). The van der Waals surface area contributed by atoms with Crippen LogP contribution in [0.1, 0.15) is 25.8 Å². The molecule has 2 aromatic rings. The lowest BCUT2D eigenvalue weighted by Gasteiger charge is -2.07. The van der Waals surface area contributed by atoms with Gasteiger partial charge in [-0.2, -0.15) is 0 Å². The summed E-state index contributed by atoms with van der Waals surface area (Å²) >= 11 is 0. The summed E-state index contributed by atoms with van der Waals surface area (Å²) in [6.45, 7) is 5.06. The Morgan fingerprint density at radius 3 is 3.06 bits per heavy atom. The number of carbonyl (C=O) groups excluding carboxylic acids is 1. The highest BCUT2D eigenvalue weighted by atomic mass is 16.1. The van der Waals surface area contributed by atoms with Crippen molar-refractivity contribution in [3.63, 3.8) is 0 Å². The summed E-state index contributed by atoms with van der Waals surface area (Å²) in [5.74, 6) is 0.696. The Morgan fingerprint density at radius 2 is 2.28 bits per heavy atom. The molecule has 0 fully saturated rings. The molecule has 4 heteroatoms. The minimum absolute atomic E-state index is 0.0783. The van der Waals surface area contributed by atoms with Gasteiger partial charge in [0, 0.05) is 6.54 Å². The fourth-order valence-corrected chi connectivity index (χ4v) is 1.84. The van der Waals surface area contributed by atoms with E-state index in [0.29, 0.717) is 12.3 Å². The first-order chi connectivity index (χ1) is 8.65. The molecule has 0 atom stereocenters. The van der Waals surface area contributed by atoms with Crippen LogP contribution in [0.4, 0.5) is 0 Å². The molecule has 0 radical (unpaired) electrons. The number of nitrogens with one attached hydrogen (secondary N) is 2. The van der Waals surface area contributed by atoms with Crippen LogP contribution in [0.5, 0.6) is 0 Å². The highest BCUT2D eigenvalue weighted by molar-refractivity contribution is 5.81. The lowest BCUT2D eigenvalue weighted by molar-refractivity contribution is -0.120. The van der Waals surface area contributed by atoms with E-state index < -0.39 is 0 Å². The van der Waals surface area contributed by atoms with Crippen molar-refractivity contribution in [2.45, 2.75) is 26.7 Å². The zero-order chi connectivity index (χ0) is 13.0. The molecule has 0 saturated heterocycles. The fraction of sp³-hybridized carbons (Fsp3) is 0.429. The van der Waals surface area contributed by atoms with Gasteiger partial charge in [0.15, 0.2) is 0 Å². The maximum Gasteiger partial charge on any atom is 0.224 e. The van der Waals surface area contributed by atoms with Crippen molar-refractivity contribution in [3.05, 3.63) is 30.1 Å². The number of aromatic nitrogens is 2.